The van der Waals surface area contributed by atoms with Gasteiger partial charge in [-0.15, -0.1) is 0 Å². The molecule has 0 aliphatic rings. The zero-order valence-electron chi connectivity index (χ0n) is 13.2. The van der Waals surface area contributed by atoms with Crippen LogP contribution in [0.5, 0.6) is 0 Å². The molecule has 3 nitrogen and oxygen atoms in total. The van der Waals surface area contributed by atoms with Crippen LogP contribution < -0.4 is 0 Å². The standard InChI is InChI=1S/C19H18O3S/c1-3-16-18(19(20)21-4-2)15-12-14(10-11-17(15)22-16)23-13-8-6-5-7-9-13/h5-12H,3-4H2,1-2H3. The molecule has 1 aromatic heterocycles. The van der Waals surface area contributed by atoms with Crippen molar-refractivity contribution < 1.29 is 13.9 Å². The SMILES string of the molecule is CCOC(=O)c1c(CC)oc2ccc(Sc3ccccc3)cc12. The number of aryl methyl sites for hydroxylation is 1. The molecule has 1 heterocycles. The number of rotatable bonds is 5. The molecule has 0 saturated heterocycles. The lowest BCUT2D eigenvalue weighted by molar-refractivity contribution is 0.0526. The van der Waals surface area contributed by atoms with Crippen molar-refractivity contribution in [2.75, 3.05) is 6.61 Å². The maximum Gasteiger partial charge on any atom is 0.342 e. The third kappa shape index (κ3) is 3.27. The molecular weight excluding hydrogens is 308 g/mol. The molecule has 0 bridgehead atoms. The fourth-order valence-electron chi connectivity index (χ4n) is 2.49. The minimum atomic E-state index is -0.315. The van der Waals surface area contributed by atoms with Crippen molar-refractivity contribution in [3.63, 3.8) is 0 Å². The number of benzene rings is 2. The first-order valence-corrected chi connectivity index (χ1v) is 8.50. The zero-order chi connectivity index (χ0) is 16.2. The van der Waals surface area contributed by atoms with E-state index >= 15 is 0 Å². The number of ether oxygens (including phenoxy) is 1. The highest BCUT2D eigenvalue weighted by Gasteiger charge is 2.21. The highest BCUT2D eigenvalue weighted by Crippen LogP contribution is 2.34. The maximum absolute atomic E-state index is 12.3. The molecular formula is C19H18O3S. The maximum atomic E-state index is 12.3. The van der Waals surface area contributed by atoms with Crippen molar-refractivity contribution in [2.45, 2.75) is 30.1 Å². The third-order valence-electron chi connectivity index (χ3n) is 3.51. The van der Waals surface area contributed by atoms with Gasteiger partial charge in [0.2, 0.25) is 0 Å². The van der Waals surface area contributed by atoms with E-state index in [2.05, 4.69) is 12.1 Å². The van der Waals surface area contributed by atoms with Gasteiger partial charge in [0, 0.05) is 21.6 Å². The molecule has 0 atom stereocenters. The van der Waals surface area contributed by atoms with Crippen LogP contribution in [0.25, 0.3) is 11.0 Å². The second kappa shape index (κ2) is 6.92. The first kappa shape index (κ1) is 15.7. The Morgan fingerprint density at radius 2 is 1.87 bits per heavy atom. The number of fused-ring (bicyclic) bond motifs is 1. The second-order valence-electron chi connectivity index (χ2n) is 5.05. The molecule has 0 saturated carbocycles. The molecule has 118 valence electrons. The van der Waals surface area contributed by atoms with Crippen molar-refractivity contribution in [3.05, 3.63) is 59.9 Å². The second-order valence-corrected chi connectivity index (χ2v) is 6.19. The van der Waals surface area contributed by atoms with Gasteiger partial charge >= 0.3 is 5.97 Å². The highest BCUT2D eigenvalue weighted by molar-refractivity contribution is 7.99. The van der Waals surface area contributed by atoms with Gasteiger partial charge in [0.25, 0.3) is 0 Å². The average molecular weight is 326 g/mol. The number of hydrogen-bond acceptors (Lipinski definition) is 4. The van der Waals surface area contributed by atoms with Gasteiger partial charge in [-0.1, -0.05) is 36.9 Å². The van der Waals surface area contributed by atoms with E-state index in [-0.39, 0.29) is 5.97 Å². The lowest BCUT2D eigenvalue weighted by Crippen LogP contribution is -2.06. The molecule has 0 aliphatic carbocycles. The molecule has 23 heavy (non-hydrogen) atoms. The van der Waals surface area contributed by atoms with Crippen LogP contribution in [0, 0.1) is 0 Å². The first-order chi connectivity index (χ1) is 11.2. The van der Waals surface area contributed by atoms with Crippen molar-refractivity contribution in [2.24, 2.45) is 0 Å². The summed E-state index contributed by atoms with van der Waals surface area (Å²) in [5, 5.41) is 0.821. The monoisotopic (exact) mass is 326 g/mol. The Morgan fingerprint density at radius 1 is 1.09 bits per heavy atom. The molecule has 0 amide bonds. The van der Waals surface area contributed by atoms with E-state index < -0.39 is 0 Å². The summed E-state index contributed by atoms with van der Waals surface area (Å²) in [6.07, 6.45) is 0.657. The first-order valence-electron chi connectivity index (χ1n) is 7.68. The lowest BCUT2D eigenvalue weighted by atomic mass is 10.1. The fraction of sp³-hybridized carbons (Fsp3) is 0.211. The van der Waals surface area contributed by atoms with Crippen LogP contribution in [0.4, 0.5) is 0 Å². The van der Waals surface area contributed by atoms with Crippen LogP contribution in [0.2, 0.25) is 0 Å². The minimum Gasteiger partial charge on any atom is -0.462 e. The molecule has 0 spiro atoms. The Kier molecular flexibility index (Phi) is 4.72. The van der Waals surface area contributed by atoms with Crippen LogP contribution in [0.15, 0.2) is 62.7 Å². The molecule has 0 N–H and O–H groups in total. The summed E-state index contributed by atoms with van der Waals surface area (Å²) in [5.41, 5.74) is 1.28. The summed E-state index contributed by atoms with van der Waals surface area (Å²) >= 11 is 1.66. The number of hydrogen-bond donors (Lipinski definition) is 0. The van der Waals surface area contributed by atoms with E-state index in [1.165, 1.54) is 0 Å². The van der Waals surface area contributed by atoms with Crippen molar-refractivity contribution in [1.29, 1.82) is 0 Å². The lowest BCUT2D eigenvalue weighted by Gasteiger charge is -2.03. The van der Waals surface area contributed by atoms with Gasteiger partial charge in [-0.05, 0) is 37.3 Å². The van der Waals surface area contributed by atoms with Gasteiger partial charge in [-0.2, -0.15) is 0 Å². The van der Waals surface area contributed by atoms with Gasteiger partial charge in [0.1, 0.15) is 16.9 Å². The van der Waals surface area contributed by atoms with Gasteiger partial charge < -0.3 is 9.15 Å². The van der Waals surface area contributed by atoms with Crippen molar-refractivity contribution in [1.82, 2.24) is 0 Å². The van der Waals surface area contributed by atoms with Crippen molar-refractivity contribution >= 4 is 28.7 Å². The van der Waals surface area contributed by atoms with Crippen LogP contribution in [0.3, 0.4) is 0 Å². The third-order valence-corrected chi connectivity index (χ3v) is 4.51. The molecule has 3 rings (SSSR count). The number of carbonyl (C=O) groups excluding carboxylic acids is 1. The van der Waals surface area contributed by atoms with E-state index in [0.29, 0.717) is 24.4 Å². The summed E-state index contributed by atoms with van der Waals surface area (Å²) in [7, 11) is 0. The van der Waals surface area contributed by atoms with Crippen LogP contribution in [-0.4, -0.2) is 12.6 Å². The van der Waals surface area contributed by atoms with E-state index in [1.54, 1.807) is 11.8 Å². The zero-order valence-corrected chi connectivity index (χ0v) is 14.0. The predicted molar refractivity (Wildman–Crippen MR) is 92.1 cm³/mol. The Bertz CT molecular complexity index is 821. The van der Waals surface area contributed by atoms with Crippen LogP contribution in [0.1, 0.15) is 30.0 Å². The Labute approximate surface area is 139 Å². The molecule has 0 radical (unpaired) electrons. The van der Waals surface area contributed by atoms with E-state index in [0.717, 1.165) is 20.8 Å². The van der Waals surface area contributed by atoms with Crippen LogP contribution >= 0.6 is 11.8 Å². The molecule has 2 aromatic carbocycles. The normalized spacial score (nSPS) is 10.9. The minimum absolute atomic E-state index is 0.315. The molecule has 4 heteroatoms. The molecule has 0 fully saturated rings. The topological polar surface area (TPSA) is 39.4 Å². The number of carbonyl (C=O) groups is 1. The van der Waals surface area contributed by atoms with Gasteiger partial charge in [0.05, 0.1) is 6.61 Å². The molecule has 0 unspecified atom stereocenters. The Hall–Kier alpha value is -2.20. The van der Waals surface area contributed by atoms with E-state index in [4.69, 9.17) is 9.15 Å². The summed E-state index contributed by atoms with van der Waals surface area (Å²) in [6.45, 7) is 4.13. The largest absolute Gasteiger partial charge is 0.462 e. The summed E-state index contributed by atoms with van der Waals surface area (Å²) in [6, 6.07) is 16.1. The van der Waals surface area contributed by atoms with E-state index in [1.807, 2.05) is 50.2 Å². The fourth-order valence-corrected chi connectivity index (χ4v) is 3.37. The van der Waals surface area contributed by atoms with Crippen molar-refractivity contribution in [3.8, 4) is 0 Å². The number of furan rings is 1. The highest BCUT2D eigenvalue weighted by atomic mass is 32.2. The Balaban J connectivity index is 2.03. The predicted octanol–water partition coefficient (Wildman–Crippen LogP) is 5.32. The summed E-state index contributed by atoms with van der Waals surface area (Å²) in [5.74, 6) is 0.366. The summed E-state index contributed by atoms with van der Waals surface area (Å²) < 4.78 is 11.0. The molecule has 3 aromatic rings. The number of esters is 1. The summed E-state index contributed by atoms with van der Waals surface area (Å²) in [4.78, 5) is 14.5. The van der Waals surface area contributed by atoms with Gasteiger partial charge in [0.15, 0.2) is 0 Å². The van der Waals surface area contributed by atoms with Gasteiger partial charge in [-0.25, -0.2) is 4.79 Å². The Morgan fingerprint density at radius 3 is 2.57 bits per heavy atom. The van der Waals surface area contributed by atoms with Gasteiger partial charge in [-0.3, -0.25) is 0 Å². The van der Waals surface area contributed by atoms with E-state index in [9.17, 15) is 4.79 Å². The van der Waals surface area contributed by atoms with Crippen LogP contribution in [-0.2, 0) is 11.2 Å². The smallest absolute Gasteiger partial charge is 0.342 e. The molecule has 0 aliphatic heterocycles. The average Bonchev–Trinajstić information content (AvgIpc) is 2.94. The quantitative estimate of drug-likeness (QED) is 0.595.